The molecule has 2 heterocycles. The van der Waals surface area contributed by atoms with E-state index in [9.17, 15) is 0 Å². The molecule has 0 amide bonds. The van der Waals surface area contributed by atoms with Gasteiger partial charge in [0.2, 0.25) is 0 Å². The molecule has 0 spiro atoms. The maximum atomic E-state index is 4.43. The topological polar surface area (TPSA) is 28.2 Å². The molecular formula is C15H23N3. The zero-order chi connectivity index (χ0) is 12.5. The molecule has 1 aromatic heterocycles. The summed E-state index contributed by atoms with van der Waals surface area (Å²) in [4.78, 5) is 7.11. The molecule has 1 saturated heterocycles. The molecule has 1 saturated carbocycles. The first-order chi connectivity index (χ1) is 8.74. The molecule has 0 radical (unpaired) electrons. The van der Waals surface area contributed by atoms with Crippen LogP contribution in [-0.2, 0) is 0 Å². The first kappa shape index (κ1) is 12.1. The average molecular weight is 245 g/mol. The van der Waals surface area contributed by atoms with E-state index in [1.165, 1.54) is 25.8 Å². The largest absolute Gasteiger partial charge is 0.305 e. The van der Waals surface area contributed by atoms with Crippen LogP contribution in [0.25, 0.3) is 0 Å². The van der Waals surface area contributed by atoms with Crippen molar-refractivity contribution in [3.05, 3.63) is 30.1 Å². The van der Waals surface area contributed by atoms with Gasteiger partial charge in [-0.25, -0.2) is 0 Å². The van der Waals surface area contributed by atoms with Gasteiger partial charge in [0.25, 0.3) is 0 Å². The van der Waals surface area contributed by atoms with Crippen LogP contribution >= 0.6 is 0 Å². The predicted octanol–water partition coefficient (Wildman–Crippen LogP) is 2.36. The van der Waals surface area contributed by atoms with Crippen LogP contribution < -0.4 is 5.32 Å². The standard InChI is InChI=1S/C15H23N3/c1-11-9-13(10-18(11)14-6-7-14)17-12(2)15-5-3-4-8-16-15/h3-5,8,11-14,17H,6-7,9-10H2,1-2H3. The lowest BCUT2D eigenvalue weighted by molar-refractivity contribution is 0.254. The average Bonchev–Trinajstić information content (AvgIpc) is 3.15. The number of hydrogen-bond acceptors (Lipinski definition) is 3. The fourth-order valence-electron chi connectivity index (χ4n) is 3.16. The maximum Gasteiger partial charge on any atom is 0.0570 e. The number of hydrogen-bond donors (Lipinski definition) is 1. The van der Waals surface area contributed by atoms with Gasteiger partial charge in [-0.3, -0.25) is 9.88 Å². The van der Waals surface area contributed by atoms with E-state index in [1.807, 2.05) is 12.3 Å². The Morgan fingerprint density at radius 3 is 2.89 bits per heavy atom. The highest BCUT2D eigenvalue weighted by Gasteiger charge is 2.38. The van der Waals surface area contributed by atoms with Gasteiger partial charge in [0.15, 0.2) is 0 Å². The summed E-state index contributed by atoms with van der Waals surface area (Å²) >= 11 is 0. The highest BCUT2D eigenvalue weighted by molar-refractivity contribution is 5.08. The Morgan fingerprint density at radius 1 is 1.39 bits per heavy atom. The van der Waals surface area contributed by atoms with Crippen LogP contribution in [0.15, 0.2) is 24.4 Å². The summed E-state index contributed by atoms with van der Waals surface area (Å²) in [7, 11) is 0. The number of rotatable bonds is 4. The Hall–Kier alpha value is -0.930. The molecule has 2 aliphatic rings. The molecule has 3 rings (SSSR count). The molecule has 1 aliphatic heterocycles. The van der Waals surface area contributed by atoms with Gasteiger partial charge in [-0.1, -0.05) is 6.07 Å². The Kier molecular flexibility index (Phi) is 3.35. The van der Waals surface area contributed by atoms with Crippen molar-refractivity contribution in [2.24, 2.45) is 0 Å². The number of nitrogens with one attached hydrogen (secondary N) is 1. The van der Waals surface area contributed by atoms with E-state index >= 15 is 0 Å². The van der Waals surface area contributed by atoms with Crippen molar-refractivity contribution in [2.45, 2.75) is 57.3 Å². The minimum absolute atomic E-state index is 0.350. The SMILES string of the molecule is CC(NC1CC(C)N(C2CC2)C1)c1ccccn1. The van der Waals surface area contributed by atoms with E-state index in [4.69, 9.17) is 0 Å². The highest BCUT2D eigenvalue weighted by Crippen LogP contribution is 2.33. The molecule has 3 heteroatoms. The van der Waals surface area contributed by atoms with E-state index in [0.29, 0.717) is 12.1 Å². The summed E-state index contributed by atoms with van der Waals surface area (Å²) in [5.74, 6) is 0. The summed E-state index contributed by atoms with van der Waals surface area (Å²) in [6.45, 7) is 5.79. The second kappa shape index (κ2) is 4.98. The Labute approximate surface area is 110 Å². The summed E-state index contributed by atoms with van der Waals surface area (Å²) in [5, 5.41) is 3.73. The molecule has 1 aromatic rings. The molecule has 3 atom stereocenters. The lowest BCUT2D eigenvalue weighted by Gasteiger charge is -2.21. The molecular weight excluding hydrogens is 222 g/mol. The second-order valence-corrected chi connectivity index (χ2v) is 5.85. The molecule has 1 N–H and O–H groups in total. The molecule has 0 bridgehead atoms. The van der Waals surface area contributed by atoms with E-state index in [1.54, 1.807) is 0 Å². The van der Waals surface area contributed by atoms with Crippen LogP contribution in [0, 0.1) is 0 Å². The van der Waals surface area contributed by atoms with E-state index < -0.39 is 0 Å². The van der Waals surface area contributed by atoms with Crippen molar-refractivity contribution >= 4 is 0 Å². The van der Waals surface area contributed by atoms with Gasteiger partial charge in [0, 0.05) is 36.9 Å². The van der Waals surface area contributed by atoms with Crippen LogP contribution in [0.2, 0.25) is 0 Å². The zero-order valence-corrected chi connectivity index (χ0v) is 11.3. The number of pyridine rings is 1. The van der Waals surface area contributed by atoms with E-state index in [2.05, 4.69) is 41.2 Å². The van der Waals surface area contributed by atoms with Crippen molar-refractivity contribution in [1.82, 2.24) is 15.2 Å². The van der Waals surface area contributed by atoms with Crippen molar-refractivity contribution in [2.75, 3.05) is 6.54 Å². The minimum Gasteiger partial charge on any atom is -0.305 e. The monoisotopic (exact) mass is 245 g/mol. The second-order valence-electron chi connectivity index (χ2n) is 5.85. The lowest BCUT2D eigenvalue weighted by Crippen LogP contribution is -2.35. The van der Waals surface area contributed by atoms with Crippen molar-refractivity contribution in [3.63, 3.8) is 0 Å². The fraction of sp³-hybridized carbons (Fsp3) is 0.667. The van der Waals surface area contributed by atoms with Gasteiger partial charge in [-0.2, -0.15) is 0 Å². The molecule has 3 nitrogen and oxygen atoms in total. The smallest absolute Gasteiger partial charge is 0.0570 e. The predicted molar refractivity (Wildman–Crippen MR) is 73.4 cm³/mol. The highest BCUT2D eigenvalue weighted by atomic mass is 15.3. The third-order valence-corrected chi connectivity index (χ3v) is 4.26. The van der Waals surface area contributed by atoms with Crippen LogP contribution in [-0.4, -0.2) is 34.6 Å². The number of nitrogens with zero attached hydrogens (tertiary/aromatic N) is 2. The molecule has 2 fully saturated rings. The molecule has 1 aliphatic carbocycles. The van der Waals surface area contributed by atoms with Gasteiger partial charge >= 0.3 is 0 Å². The summed E-state index contributed by atoms with van der Waals surface area (Å²) in [6, 6.07) is 8.74. The van der Waals surface area contributed by atoms with Crippen molar-refractivity contribution in [1.29, 1.82) is 0 Å². The minimum atomic E-state index is 0.350. The van der Waals surface area contributed by atoms with E-state index in [0.717, 1.165) is 17.8 Å². The van der Waals surface area contributed by atoms with Gasteiger partial charge in [0.05, 0.1) is 5.69 Å². The lowest BCUT2D eigenvalue weighted by atomic mass is 10.1. The van der Waals surface area contributed by atoms with E-state index in [-0.39, 0.29) is 0 Å². The molecule has 0 aromatic carbocycles. The summed E-state index contributed by atoms with van der Waals surface area (Å²) < 4.78 is 0. The first-order valence-corrected chi connectivity index (χ1v) is 7.17. The number of aromatic nitrogens is 1. The van der Waals surface area contributed by atoms with Crippen LogP contribution in [0.1, 0.15) is 44.8 Å². The maximum absolute atomic E-state index is 4.43. The van der Waals surface area contributed by atoms with Crippen molar-refractivity contribution < 1.29 is 0 Å². The Morgan fingerprint density at radius 2 is 2.22 bits per heavy atom. The Bertz CT molecular complexity index is 388. The summed E-state index contributed by atoms with van der Waals surface area (Å²) in [5.41, 5.74) is 1.15. The summed E-state index contributed by atoms with van der Waals surface area (Å²) in [6.07, 6.45) is 5.97. The molecule has 3 unspecified atom stereocenters. The third kappa shape index (κ3) is 2.57. The first-order valence-electron chi connectivity index (χ1n) is 7.17. The normalized spacial score (nSPS) is 30.6. The van der Waals surface area contributed by atoms with Crippen LogP contribution in [0.5, 0.6) is 0 Å². The molecule has 18 heavy (non-hydrogen) atoms. The fourth-order valence-corrected chi connectivity index (χ4v) is 3.16. The number of likely N-dealkylation sites (tertiary alicyclic amines) is 1. The van der Waals surface area contributed by atoms with Crippen LogP contribution in [0.4, 0.5) is 0 Å². The third-order valence-electron chi connectivity index (χ3n) is 4.26. The molecule has 98 valence electrons. The van der Waals surface area contributed by atoms with Gasteiger partial charge < -0.3 is 5.32 Å². The van der Waals surface area contributed by atoms with Gasteiger partial charge in [-0.05, 0) is 45.2 Å². The van der Waals surface area contributed by atoms with Crippen molar-refractivity contribution in [3.8, 4) is 0 Å². The Balaban J connectivity index is 1.57. The van der Waals surface area contributed by atoms with Crippen LogP contribution in [0.3, 0.4) is 0 Å². The van der Waals surface area contributed by atoms with Gasteiger partial charge in [0.1, 0.15) is 0 Å². The van der Waals surface area contributed by atoms with Gasteiger partial charge in [-0.15, -0.1) is 0 Å². The quantitative estimate of drug-likeness (QED) is 0.882. The zero-order valence-electron chi connectivity index (χ0n) is 11.3.